The van der Waals surface area contributed by atoms with Gasteiger partial charge in [0, 0.05) is 6.54 Å². The number of rotatable bonds is 5. The Morgan fingerprint density at radius 3 is 2.23 bits per heavy atom. The van der Waals surface area contributed by atoms with Crippen LogP contribution in [0.5, 0.6) is 0 Å². The number of hydrogen-bond acceptors (Lipinski definition) is 5. The third-order valence-electron chi connectivity index (χ3n) is 4.37. The van der Waals surface area contributed by atoms with Crippen LogP contribution in [0.15, 0.2) is 47.7 Å². The fourth-order valence-electron chi connectivity index (χ4n) is 3.11. The summed E-state index contributed by atoms with van der Waals surface area (Å²) in [5, 5.41) is 2.30. The average Bonchev–Trinajstić information content (AvgIpc) is 3.17. The van der Waals surface area contributed by atoms with E-state index in [2.05, 4.69) is 27.8 Å². The number of ether oxygens (including phenoxy) is 2. The highest BCUT2D eigenvalue weighted by Crippen LogP contribution is 2.36. The molecular weight excluding hydrogens is 529 g/mol. The summed E-state index contributed by atoms with van der Waals surface area (Å²) < 4.78 is 50.1. The fraction of sp³-hybridized carbons (Fsp3) is 0.600. The zero-order chi connectivity index (χ0) is 27.2. The number of hydrogen-bond donors (Lipinski definition) is 1. The number of alkyl carbamates (subject to hydrolysis) is 1. The molecule has 0 aromatic rings. The summed E-state index contributed by atoms with van der Waals surface area (Å²) in [4.78, 5) is 24.1. The van der Waals surface area contributed by atoms with Gasteiger partial charge in [-0.25, -0.2) is 9.59 Å². The number of allylic oxidation sites excluding steroid dienone is 2. The molecule has 10 heteroatoms. The minimum absolute atomic E-state index is 0.0753. The van der Waals surface area contributed by atoms with E-state index in [9.17, 15) is 22.8 Å². The van der Waals surface area contributed by atoms with Crippen LogP contribution in [0.1, 0.15) is 54.4 Å². The van der Waals surface area contributed by atoms with Crippen LogP contribution in [-0.2, 0) is 14.3 Å². The van der Waals surface area contributed by atoms with Gasteiger partial charge in [0.2, 0.25) is 0 Å². The van der Waals surface area contributed by atoms with E-state index in [1.807, 2.05) is 18.7 Å². The van der Waals surface area contributed by atoms with Crippen LogP contribution in [0.4, 0.5) is 18.0 Å². The topological polar surface area (TPSA) is 67.9 Å². The van der Waals surface area contributed by atoms with Crippen molar-refractivity contribution in [2.75, 3.05) is 26.2 Å². The Labute approximate surface area is 215 Å². The first-order valence-electron chi connectivity index (χ1n) is 11.6. The standard InChI is InChI=1S/C16H19BrF3NO2.C7H13NO2.C2H6/c1-2-23-15(22)11-7-13(17)8-12(10-21-5-3-4-6-21)14(9-11)16(18,19)20;1-5-8-6(9)10-7(2,3)4;1-2/h7-9,13H,2-6,10H2,1H3;5H,1H2,2-4H3,(H,8,9);1-2H3. The van der Waals surface area contributed by atoms with Crippen LogP contribution in [-0.4, -0.2) is 59.8 Å². The first kappa shape index (κ1) is 32.9. The molecule has 200 valence electrons. The summed E-state index contributed by atoms with van der Waals surface area (Å²) in [5.41, 5.74) is -1.09. The summed E-state index contributed by atoms with van der Waals surface area (Å²) in [6.45, 7) is 16.3. The summed E-state index contributed by atoms with van der Waals surface area (Å²) in [6.07, 6.45) is 2.17. The number of halogens is 4. The summed E-state index contributed by atoms with van der Waals surface area (Å²) in [5.74, 6) is -0.741. The third-order valence-corrected chi connectivity index (χ3v) is 4.90. The van der Waals surface area contributed by atoms with Crippen molar-refractivity contribution in [1.82, 2.24) is 10.2 Å². The SMILES string of the molecule is C=CNC(=O)OC(C)(C)C.CC.CCOC(=O)C1=CC(Br)C=C(CN2CCCC2)C(C(F)(F)F)=C1. The lowest BCUT2D eigenvalue weighted by atomic mass is 10.0. The van der Waals surface area contributed by atoms with Gasteiger partial charge < -0.3 is 9.47 Å². The number of carbonyl (C=O) groups excluding carboxylic acids is 2. The predicted octanol–water partition coefficient (Wildman–Crippen LogP) is 6.44. The smallest absolute Gasteiger partial charge is 0.416 e. The lowest BCUT2D eigenvalue weighted by molar-refractivity contribution is -0.138. The van der Waals surface area contributed by atoms with Gasteiger partial charge in [0.15, 0.2) is 0 Å². The minimum atomic E-state index is -4.52. The Morgan fingerprint density at radius 2 is 1.77 bits per heavy atom. The van der Waals surface area contributed by atoms with Gasteiger partial charge in [-0.05, 0) is 71.5 Å². The van der Waals surface area contributed by atoms with Crippen molar-refractivity contribution in [2.45, 2.75) is 71.0 Å². The molecule has 35 heavy (non-hydrogen) atoms. The molecule has 1 aliphatic heterocycles. The van der Waals surface area contributed by atoms with E-state index in [-0.39, 0.29) is 24.3 Å². The molecule has 1 N–H and O–H groups in total. The number of nitrogens with zero attached hydrogens (tertiary/aromatic N) is 1. The fourth-order valence-corrected chi connectivity index (χ4v) is 3.72. The van der Waals surface area contributed by atoms with Crippen LogP contribution in [0.3, 0.4) is 0 Å². The molecule has 1 aliphatic carbocycles. The molecule has 2 rings (SSSR count). The van der Waals surface area contributed by atoms with Crippen molar-refractivity contribution in [1.29, 1.82) is 0 Å². The molecule has 1 fully saturated rings. The van der Waals surface area contributed by atoms with E-state index in [0.29, 0.717) is 0 Å². The first-order chi connectivity index (χ1) is 16.3. The predicted molar refractivity (Wildman–Crippen MR) is 136 cm³/mol. The van der Waals surface area contributed by atoms with E-state index in [0.717, 1.165) is 32.0 Å². The highest BCUT2D eigenvalue weighted by Gasteiger charge is 2.38. The van der Waals surface area contributed by atoms with Gasteiger partial charge in [0.05, 0.1) is 22.6 Å². The third kappa shape index (κ3) is 13.6. The zero-order valence-electron chi connectivity index (χ0n) is 21.4. The number of esters is 1. The van der Waals surface area contributed by atoms with Gasteiger partial charge in [-0.3, -0.25) is 10.2 Å². The molecule has 1 atom stereocenters. The van der Waals surface area contributed by atoms with Gasteiger partial charge in [-0.1, -0.05) is 48.5 Å². The van der Waals surface area contributed by atoms with Gasteiger partial charge >= 0.3 is 18.2 Å². The molecule has 0 aromatic carbocycles. The quantitative estimate of drug-likeness (QED) is 0.306. The minimum Gasteiger partial charge on any atom is -0.462 e. The molecule has 6 nitrogen and oxygen atoms in total. The maximum atomic E-state index is 13.5. The van der Waals surface area contributed by atoms with E-state index in [1.54, 1.807) is 27.7 Å². The summed E-state index contributed by atoms with van der Waals surface area (Å²) in [6, 6.07) is 0. The molecule has 0 spiro atoms. The number of alkyl halides is 4. The molecule has 0 saturated carbocycles. The largest absolute Gasteiger partial charge is 0.462 e. The van der Waals surface area contributed by atoms with E-state index < -0.39 is 34.2 Å². The van der Waals surface area contributed by atoms with E-state index in [4.69, 9.17) is 9.47 Å². The Balaban J connectivity index is 0.000000813. The number of amides is 1. The zero-order valence-corrected chi connectivity index (χ0v) is 23.0. The Kier molecular flexibility index (Phi) is 14.9. The molecular formula is C25H38BrF3N2O4. The molecule has 0 bridgehead atoms. The first-order valence-corrected chi connectivity index (χ1v) is 12.5. The Morgan fingerprint density at radius 1 is 1.20 bits per heavy atom. The van der Waals surface area contributed by atoms with Crippen molar-refractivity contribution in [3.63, 3.8) is 0 Å². The second kappa shape index (κ2) is 15.8. The van der Waals surface area contributed by atoms with E-state index in [1.165, 1.54) is 18.4 Å². The van der Waals surface area contributed by atoms with Crippen LogP contribution in [0, 0.1) is 0 Å². The second-order valence-electron chi connectivity index (χ2n) is 8.37. The highest BCUT2D eigenvalue weighted by molar-refractivity contribution is 9.09. The summed E-state index contributed by atoms with van der Waals surface area (Å²) in [7, 11) is 0. The van der Waals surface area contributed by atoms with Gasteiger partial charge in [0.25, 0.3) is 0 Å². The molecule has 1 unspecified atom stereocenters. The van der Waals surface area contributed by atoms with Crippen molar-refractivity contribution < 1.29 is 32.2 Å². The van der Waals surface area contributed by atoms with Crippen LogP contribution < -0.4 is 5.32 Å². The Hall–Kier alpha value is -2.07. The molecule has 1 heterocycles. The van der Waals surface area contributed by atoms with Crippen molar-refractivity contribution in [3.05, 3.63) is 47.7 Å². The van der Waals surface area contributed by atoms with Gasteiger partial charge in [-0.15, -0.1) is 0 Å². The number of carbonyl (C=O) groups is 2. The van der Waals surface area contributed by atoms with Crippen LogP contribution in [0.25, 0.3) is 0 Å². The van der Waals surface area contributed by atoms with Crippen molar-refractivity contribution in [2.24, 2.45) is 0 Å². The average molecular weight is 567 g/mol. The maximum absolute atomic E-state index is 13.5. The molecule has 1 saturated heterocycles. The van der Waals surface area contributed by atoms with Crippen LogP contribution >= 0.6 is 15.9 Å². The van der Waals surface area contributed by atoms with Crippen LogP contribution in [0.2, 0.25) is 0 Å². The number of likely N-dealkylation sites (tertiary alicyclic amines) is 1. The molecule has 0 radical (unpaired) electrons. The second-order valence-corrected chi connectivity index (χ2v) is 9.43. The monoisotopic (exact) mass is 566 g/mol. The molecule has 0 aromatic heterocycles. The molecule has 1 amide bonds. The Bertz CT molecular complexity index is 794. The highest BCUT2D eigenvalue weighted by atomic mass is 79.9. The van der Waals surface area contributed by atoms with E-state index >= 15 is 0 Å². The number of nitrogens with one attached hydrogen (secondary N) is 1. The van der Waals surface area contributed by atoms with Gasteiger partial charge in [-0.2, -0.15) is 13.2 Å². The van der Waals surface area contributed by atoms with Crippen molar-refractivity contribution in [3.8, 4) is 0 Å². The molecule has 2 aliphatic rings. The van der Waals surface area contributed by atoms with Crippen molar-refractivity contribution >= 4 is 28.0 Å². The normalized spacial score (nSPS) is 18.2. The summed E-state index contributed by atoms with van der Waals surface area (Å²) >= 11 is 3.30. The lowest BCUT2D eigenvalue weighted by Gasteiger charge is -2.21. The van der Waals surface area contributed by atoms with Gasteiger partial charge in [0.1, 0.15) is 5.60 Å². The lowest BCUT2D eigenvalue weighted by Crippen LogP contribution is -2.29. The maximum Gasteiger partial charge on any atom is 0.416 e.